The van der Waals surface area contributed by atoms with E-state index >= 15 is 0 Å². The molecule has 0 aliphatic rings. The van der Waals surface area contributed by atoms with Gasteiger partial charge >= 0.3 is 0 Å². The second-order valence-electron chi connectivity index (χ2n) is 4.03. The molecule has 0 aliphatic heterocycles. The molecule has 0 aromatic carbocycles. The first-order valence-corrected chi connectivity index (χ1v) is 6.30. The van der Waals surface area contributed by atoms with Crippen LogP contribution in [0.1, 0.15) is 20.3 Å². The Hall–Kier alpha value is -1.63. The van der Waals surface area contributed by atoms with Gasteiger partial charge in [0.1, 0.15) is 6.54 Å². The fourth-order valence-electron chi connectivity index (χ4n) is 1.64. The Balaban J connectivity index is 2.14. The van der Waals surface area contributed by atoms with E-state index in [0.717, 1.165) is 26.1 Å². The molecule has 0 bridgehead atoms. The Kier molecular flexibility index (Phi) is 6.13. The van der Waals surface area contributed by atoms with Crippen LogP contribution in [0.25, 0.3) is 0 Å². The summed E-state index contributed by atoms with van der Waals surface area (Å²) in [6, 6.07) is 0. The Morgan fingerprint density at radius 2 is 2.22 bits per heavy atom. The largest absolute Gasteiger partial charge is 0.381 e. The van der Waals surface area contributed by atoms with Crippen LogP contribution in [0.4, 0.5) is 5.82 Å². The number of hydrogen-bond acceptors (Lipinski definition) is 5. The summed E-state index contributed by atoms with van der Waals surface area (Å²) >= 11 is 0. The molecule has 102 valence electrons. The fourth-order valence-corrected chi connectivity index (χ4v) is 1.64. The van der Waals surface area contributed by atoms with Gasteiger partial charge < -0.3 is 16.0 Å². The zero-order chi connectivity index (χ0) is 13.4. The highest BCUT2D eigenvalue weighted by molar-refractivity contribution is 5.75. The van der Waals surface area contributed by atoms with Gasteiger partial charge in [0.2, 0.25) is 5.91 Å². The first-order valence-electron chi connectivity index (χ1n) is 6.30. The number of nitrogens with one attached hydrogen (secondary N) is 1. The Morgan fingerprint density at radius 1 is 1.50 bits per heavy atom. The number of nitrogens with zero attached hydrogens (tertiary/aromatic N) is 4. The van der Waals surface area contributed by atoms with E-state index in [1.165, 1.54) is 11.0 Å². The zero-order valence-electron chi connectivity index (χ0n) is 11.1. The van der Waals surface area contributed by atoms with Crippen LogP contribution < -0.4 is 11.1 Å². The van der Waals surface area contributed by atoms with E-state index < -0.39 is 0 Å². The van der Waals surface area contributed by atoms with Gasteiger partial charge in [-0.25, -0.2) is 0 Å². The second kappa shape index (κ2) is 7.65. The lowest BCUT2D eigenvalue weighted by Crippen LogP contribution is -2.32. The van der Waals surface area contributed by atoms with Gasteiger partial charge in [-0.3, -0.25) is 4.79 Å². The van der Waals surface area contributed by atoms with Crippen molar-refractivity contribution in [3.05, 3.63) is 6.20 Å². The summed E-state index contributed by atoms with van der Waals surface area (Å²) in [6.45, 7) is 8.14. The number of hydrogen-bond donors (Lipinski definition) is 2. The normalized spacial score (nSPS) is 10.8. The van der Waals surface area contributed by atoms with E-state index in [2.05, 4.69) is 34.3 Å². The summed E-state index contributed by atoms with van der Waals surface area (Å²) in [5, 5.41) is 10.5. The van der Waals surface area contributed by atoms with Crippen LogP contribution in [0.2, 0.25) is 0 Å². The van der Waals surface area contributed by atoms with Crippen molar-refractivity contribution in [2.75, 3.05) is 31.9 Å². The third-order valence-corrected chi connectivity index (χ3v) is 2.71. The standard InChI is InChI=1S/C11H22N6O/c1-3-16(4-2)7-5-6-13-11(18)9-17-14-8-10(12)15-17/h8H,3-7,9H2,1-2H3,(H2,12,15)(H,13,18). The molecule has 1 heterocycles. The monoisotopic (exact) mass is 254 g/mol. The van der Waals surface area contributed by atoms with Crippen LogP contribution >= 0.6 is 0 Å². The summed E-state index contributed by atoms with van der Waals surface area (Å²) < 4.78 is 0. The van der Waals surface area contributed by atoms with Crippen LogP contribution in [0.3, 0.4) is 0 Å². The summed E-state index contributed by atoms with van der Waals surface area (Å²) in [5.41, 5.74) is 5.41. The Morgan fingerprint density at radius 3 is 2.78 bits per heavy atom. The lowest BCUT2D eigenvalue weighted by molar-refractivity contribution is -0.122. The topological polar surface area (TPSA) is 89.1 Å². The van der Waals surface area contributed by atoms with Crippen LogP contribution in [0.5, 0.6) is 0 Å². The molecule has 0 saturated heterocycles. The molecule has 1 amide bonds. The number of carbonyl (C=O) groups excluding carboxylic acids is 1. The minimum absolute atomic E-state index is 0.0925. The highest BCUT2D eigenvalue weighted by Gasteiger charge is 2.05. The van der Waals surface area contributed by atoms with Crippen molar-refractivity contribution in [3.63, 3.8) is 0 Å². The smallest absolute Gasteiger partial charge is 0.243 e. The van der Waals surface area contributed by atoms with Gasteiger partial charge in [-0.05, 0) is 26.1 Å². The summed E-state index contributed by atoms with van der Waals surface area (Å²) in [7, 11) is 0. The van der Waals surface area contributed by atoms with Crippen molar-refractivity contribution in [1.29, 1.82) is 0 Å². The zero-order valence-corrected chi connectivity index (χ0v) is 11.1. The fraction of sp³-hybridized carbons (Fsp3) is 0.727. The molecular formula is C11H22N6O. The number of nitrogen functional groups attached to an aromatic ring is 1. The predicted molar refractivity (Wildman–Crippen MR) is 69.8 cm³/mol. The van der Waals surface area contributed by atoms with Crippen molar-refractivity contribution in [2.24, 2.45) is 0 Å². The minimum atomic E-state index is -0.0925. The van der Waals surface area contributed by atoms with E-state index in [1.807, 2.05) is 0 Å². The molecule has 0 fully saturated rings. The van der Waals surface area contributed by atoms with Gasteiger partial charge in [0.05, 0.1) is 6.20 Å². The number of aromatic nitrogens is 3. The third kappa shape index (κ3) is 5.13. The highest BCUT2D eigenvalue weighted by Crippen LogP contribution is 1.91. The van der Waals surface area contributed by atoms with Crippen molar-refractivity contribution >= 4 is 11.7 Å². The first kappa shape index (κ1) is 14.4. The molecule has 0 atom stereocenters. The number of amides is 1. The third-order valence-electron chi connectivity index (χ3n) is 2.71. The van der Waals surface area contributed by atoms with Crippen molar-refractivity contribution in [2.45, 2.75) is 26.8 Å². The lowest BCUT2D eigenvalue weighted by atomic mass is 10.3. The van der Waals surface area contributed by atoms with Gasteiger partial charge in [0.15, 0.2) is 5.82 Å². The summed E-state index contributed by atoms with van der Waals surface area (Å²) in [6.07, 6.45) is 2.37. The van der Waals surface area contributed by atoms with E-state index in [0.29, 0.717) is 12.4 Å². The predicted octanol–water partition coefficient (Wildman–Crippen LogP) is -0.292. The van der Waals surface area contributed by atoms with Gasteiger partial charge in [-0.2, -0.15) is 9.90 Å². The molecular weight excluding hydrogens is 232 g/mol. The summed E-state index contributed by atoms with van der Waals surface area (Å²) in [5.74, 6) is 0.231. The SMILES string of the molecule is CCN(CC)CCCNC(=O)Cn1ncc(N)n1. The van der Waals surface area contributed by atoms with Crippen LogP contribution in [-0.2, 0) is 11.3 Å². The molecule has 0 unspecified atom stereocenters. The molecule has 1 rings (SSSR count). The molecule has 7 heteroatoms. The van der Waals surface area contributed by atoms with Crippen molar-refractivity contribution < 1.29 is 4.79 Å². The maximum Gasteiger partial charge on any atom is 0.243 e. The van der Waals surface area contributed by atoms with E-state index in [-0.39, 0.29) is 12.5 Å². The first-order chi connectivity index (χ1) is 8.65. The molecule has 0 aliphatic carbocycles. The van der Waals surface area contributed by atoms with Gasteiger partial charge in [-0.1, -0.05) is 13.8 Å². The molecule has 0 saturated carbocycles. The quantitative estimate of drug-likeness (QED) is 0.622. The number of anilines is 1. The minimum Gasteiger partial charge on any atom is -0.381 e. The second-order valence-corrected chi connectivity index (χ2v) is 4.03. The van der Waals surface area contributed by atoms with Gasteiger partial charge in [0.25, 0.3) is 0 Å². The molecule has 0 spiro atoms. The van der Waals surface area contributed by atoms with E-state index in [4.69, 9.17) is 5.73 Å². The van der Waals surface area contributed by atoms with Crippen LogP contribution in [-0.4, -0.2) is 52.0 Å². The van der Waals surface area contributed by atoms with Crippen LogP contribution in [0.15, 0.2) is 6.20 Å². The maximum absolute atomic E-state index is 11.5. The maximum atomic E-state index is 11.5. The molecule has 1 aromatic heterocycles. The van der Waals surface area contributed by atoms with Crippen molar-refractivity contribution in [1.82, 2.24) is 25.2 Å². The average Bonchev–Trinajstić information content (AvgIpc) is 2.75. The Labute approximate surface area is 107 Å². The van der Waals surface area contributed by atoms with E-state index in [9.17, 15) is 4.79 Å². The number of rotatable bonds is 8. The molecule has 3 N–H and O–H groups in total. The lowest BCUT2D eigenvalue weighted by Gasteiger charge is -2.17. The highest BCUT2D eigenvalue weighted by atomic mass is 16.2. The van der Waals surface area contributed by atoms with Crippen LogP contribution in [0, 0.1) is 0 Å². The number of carbonyl (C=O) groups is 1. The number of nitrogens with two attached hydrogens (primary N) is 1. The molecule has 18 heavy (non-hydrogen) atoms. The molecule has 7 nitrogen and oxygen atoms in total. The van der Waals surface area contributed by atoms with Gasteiger partial charge in [0, 0.05) is 6.54 Å². The molecule has 0 radical (unpaired) electrons. The summed E-state index contributed by atoms with van der Waals surface area (Å²) in [4.78, 5) is 15.1. The van der Waals surface area contributed by atoms with Crippen molar-refractivity contribution in [3.8, 4) is 0 Å². The van der Waals surface area contributed by atoms with Gasteiger partial charge in [-0.15, -0.1) is 5.10 Å². The molecule has 1 aromatic rings. The van der Waals surface area contributed by atoms with E-state index in [1.54, 1.807) is 0 Å². The Bertz CT molecular complexity index is 360. The average molecular weight is 254 g/mol.